The van der Waals surface area contributed by atoms with Gasteiger partial charge in [0, 0.05) is 6.42 Å². The van der Waals surface area contributed by atoms with Crippen molar-refractivity contribution in [3.05, 3.63) is 72.9 Å². The number of hydrogen-bond donors (Lipinski definition) is 0. The van der Waals surface area contributed by atoms with Crippen LogP contribution < -0.4 is 0 Å². The number of ether oxygens (including phenoxy) is 1. The fraction of sp³-hybridized carbons (Fsp3) is 0.480. The van der Waals surface area contributed by atoms with Crippen LogP contribution in [0.1, 0.15) is 71.1 Å². The quantitative estimate of drug-likeness (QED) is 0.122. The number of esters is 1. The van der Waals surface area contributed by atoms with E-state index in [1.54, 1.807) is 0 Å². The monoisotopic (exact) mass is 370 g/mol. The number of allylic oxidation sites excluding steroid dienone is 10. The Balaban J connectivity index is 4.05. The van der Waals surface area contributed by atoms with Gasteiger partial charge in [-0.1, -0.05) is 81.5 Å². The summed E-state index contributed by atoms with van der Waals surface area (Å²) in [6, 6.07) is 0. The lowest BCUT2D eigenvalue weighted by atomic mass is 9.99. The van der Waals surface area contributed by atoms with Crippen LogP contribution in [0, 0.1) is 0 Å². The number of methoxy groups -OCH3 is 1. The summed E-state index contributed by atoms with van der Waals surface area (Å²) in [7, 11) is 1.43. The zero-order chi connectivity index (χ0) is 20.2. The Kier molecular flexibility index (Phi) is 17.2. The van der Waals surface area contributed by atoms with Gasteiger partial charge in [-0.25, -0.2) is 0 Å². The van der Waals surface area contributed by atoms with Crippen molar-refractivity contribution >= 4 is 5.97 Å². The smallest absolute Gasteiger partial charge is 0.305 e. The minimum atomic E-state index is -0.134. The summed E-state index contributed by atoms with van der Waals surface area (Å²) in [6.07, 6.45) is 26.9. The Bertz CT molecular complexity index is 533. The van der Waals surface area contributed by atoms with Crippen LogP contribution in [0.3, 0.4) is 0 Å². The molecule has 0 saturated heterocycles. The van der Waals surface area contributed by atoms with Crippen LogP contribution in [0.2, 0.25) is 0 Å². The Morgan fingerprint density at radius 3 is 2.04 bits per heavy atom. The van der Waals surface area contributed by atoms with Crippen LogP contribution in [0.4, 0.5) is 0 Å². The molecule has 0 saturated carbocycles. The van der Waals surface area contributed by atoms with Gasteiger partial charge in [0.05, 0.1) is 7.11 Å². The molecule has 0 bridgehead atoms. The SMILES string of the molecule is C=C/C(C/C=C\C/C=C\C/C=C\CCCC(=O)OC)=C(\C=C)CCCCC. The van der Waals surface area contributed by atoms with E-state index in [0.717, 1.165) is 38.5 Å². The lowest BCUT2D eigenvalue weighted by molar-refractivity contribution is -0.140. The highest BCUT2D eigenvalue weighted by atomic mass is 16.5. The van der Waals surface area contributed by atoms with Crippen molar-refractivity contribution in [2.45, 2.75) is 71.1 Å². The zero-order valence-electron chi connectivity index (χ0n) is 17.4. The van der Waals surface area contributed by atoms with Crippen molar-refractivity contribution in [3.63, 3.8) is 0 Å². The van der Waals surface area contributed by atoms with Crippen molar-refractivity contribution in [2.75, 3.05) is 7.11 Å². The molecule has 0 aliphatic rings. The summed E-state index contributed by atoms with van der Waals surface area (Å²) in [5.74, 6) is -0.134. The van der Waals surface area contributed by atoms with E-state index in [9.17, 15) is 4.79 Å². The molecule has 0 amide bonds. The van der Waals surface area contributed by atoms with E-state index in [0.29, 0.717) is 6.42 Å². The highest BCUT2D eigenvalue weighted by molar-refractivity contribution is 5.69. The highest BCUT2D eigenvalue weighted by Gasteiger charge is 1.99. The second-order valence-electron chi connectivity index (χ2n) is 6.47. The van der Waals surface area contributed by atoms with Crippen molar-refractivity contribution in [1.82, 2.24) is 0 Å². The molecular formula is C25H38O2. The number of unbranched alkanes of at least 4 members (excludes halogenated alkanes) is 3. The molecule has 0 rings (SSSR count). The molecule has 0 aliphatic heterocycles. The van der Waals surface area contributed by atoms with E-state index in [1.807, 2.05) is 12.2 Å². The molecule has 0 N–H and O–H groups in total. The van der Waals surface area contributed by atoms with Gasteiger partial charge in [0.1, 0.15) is 0 Å². The minimum Gasteiger partial charge on any atom is -0.469 e. The summed E-state index contributed by atoms with van der Waals surface area (Å²) in [5.41, 5.74) is 2.62. The maximum absolute atomic E-state index is 11.0. The number of hydrogen-bond acceptors (Lipinski definition) is 2. The first-order valence-electron chi connectivity index (χ1n) is 10.2. The van der Waals surface area contributed by atoms with Gasteiger partial charge in [-0.15, -0.1) is 0 Å². The summed E-state index contributed by atoms with van der Waals surface area (Å²) < 4.78 is 4.61. The normalized spacial score (nSPS) is 12.7. The molecule has 0 aromatic carbocycles. The Morgan fingerprint density at radius 2 is 1.44 bits per heavy atom. The molecular weight excluding hydrogens is 332 g/mol. The van der Waals surface area contributed by atoms with Crippen molar-refractivity contribution < 1.29 is 9.53 Å². The summed E-state index contributed by atoms with van der Waals surface area (Å²) >= 11 is 0. The average Bonchev–Trinajstić information content (AvgIpc) is 2.69. The molecule has 2 heteroatoms. The first-order chi connectivity index (χ1) is 13.2. The number of rotatable bonds is 16. The molecule has 0 atom stereocenters. The average molecular weight is 371 g/mol. The van der Waals surface area contributed by atoms with E-state index in [-0.39, 0.29) is 5.97 Å². The van der Waals surface area contributed by atoms with Crippen LogP contribution in [0.5, 0.6) is 0 Å². The van der Waals surface area contributed by atoms with Crippen LogP contribution in [-0.2, 0) is 9.53 Å². The maximum atomic E-state index is 11.0. The molecule has 2 nitrogen and oxygen atoms in total. The number of carbonyl (C=O) groups excluding carboxylic acids is 1. The summed E-state index contributed by atoms with van der Waals surface area (Å²) in [5, 5.41) is 0. The minimum absolute atomic E-state index is 0.134. The lowest BCUT2D eigenvalue weighted by Crippen LogP contribution is -1.98. The first kappa shape index (κ1) is 24.9. The number of carbonyl (C=O) groups is 1. The molecule has 0 aromatic heterocycles. The molecule has 0 fully saturated rings. The maximum Gasteiger partial charge on any atom is 0.305 e. The van der Waals surface area contributed by atoms with Crippen LogP contribution in [-0.4, -0.2) is 13.1 Å². The Labute approximate surface area is 167 Å². The fourth-order valence-corrected chi connectivity index (χ4v) is 2.64. The Morgan fingerprint density at radius 1 is 0.815 bits per heavy atom. The second kappa shape index (κ2) is 18.7. The van der Waals surface area contributed by atoms with E-state index >= 15 is 0 Å². The molecule has 0 radical (unpaired) electrons. The van der Waals surface area contributed by atoms with E-state index < -0.39 is 0 Å². The van der Waals surface area contributed by atoms with Crippen molar-refractivity contribution in [1.29, 1.82) is 0 Å². The van der Waals surface area contributed by atoms with E-state index in [4.69, 9.17) is 0 Å². The van der Waals surface area contributed by atoms with Gasteiger partial charge in [-0.05, 0) is 56.1 Å². The van der Waals surface area contributed by atoms with Gasteiger partial charge < -0.3 is 4.74 Å². The largest absolute Gasteiger partial charge is 0.469 e. The predicted molar refractivity (Wildman–Crippen MR) is 119 cm³/mol. The molecule has 0 spiro atoms. The van der Waals surface area contributed by atoms with Gasteiger partial charge in [0.25, 0.3) is 0 Å². The van der Waals surface area contributed by atoms with Crippen LogP contribution in [0.25, 0.3) is 0 Å². The second-order valence-corrected chi connectivity index (χ2v) is 6.47. The third kappa shape index (κ3) is 14.7. The van der Waals surface area contributed by atoms with Crippen molar-refractivity contribution in [3.8, 4) is 0 Å². The van der Waals surface area contributed by atoms with E-state index in [2.05, 4.69) is 61.3 Å². The molecule has 150 valence electrons. The van der Waals surface area contributed by atoms with Crippen molar-refractivity contribution in [2.24, 2.45) is 0 Å². The molecule has 27 heavy (non-hydrogen) atoms. The zero-order valence-corrected chi connectivity index (χ0v) is 17.4. The summed E-state index contributed by atoms with van der Waals surface area (Å²) in [4.78, 5) is 11.0. The van der Waals surface area contributed by atoms with Crippen LogP contribution >= 0.6 is 0 Å². The van der Waals surface area contributed by atoms with Gasteiger partial charge in [-0.3, -0.25) is 4.79 Å². The van der Waals surface area contributed by atoms with Gasteiger partial charge in [0.15, 0.2) is 0 Å². The third-order valence-electron chi connectivity index (χ3n) is 4.32. The fourth-order valence-electron chi connectivity index (χ4n) is 2.64. The summed E-state index contributed by atoms with van der Waals surface area (Å²) in [6.45, 7) is 10.1. The van der Waals surface area contributed by atoms with Gasteiger partial charge in [0.2, 0.25) is 0 Å². The molecule has 0 unspecified atom stereocenters. The standard InChI is InChI=1S/C25H38O2/c1-5-8-17-20-23(6-2)24(7-3)21-18-15-13-11-9-10-12-14-16-19-22-25(26)27-4/h6-7,9,11-12,14-15,18H,2-3,5,8,10,13,16-17,19-22H2,1,4H3/b11-9-,14-12-,18-15-,24-23-. The highest BCUT2D eigenvalue weighted by Crippen LogP contribution is 2.18. The van der Waals surface area contributed by atoms with Gasteiger partial charge >= 0.3 is 5.97 Å². The van der Waals surface area contributed by atoms with E-state index in [1.165, 1.54) is 37.5 Å². The molecule has 0 heterocycles. The molecule has 0 aromatic rings. The predicted octanol–water partition coefficient (Wildman–Crippen LogP) is 7.42. The lowest BCUT2D eigenvalue weighted by Gasteiger charge is -2.07. The third-order valence-corrected chi connectivity index (χ3v) is 4.32. The Hall–Kier alpha value is -2.09. The van der Waals surface area contributed by atoms with Crippen LogP contribution in [0.15, 0.2) is 72.9 Å². The topological polar surface area (TPSA) is 26.3 Å². The van der Waals surface area contributed by atoms with Gasteiger partial charge in [-0.2, -0.15) is 0 Å². The molecule has 0 aliphatic carbocycles. The first-order valence-corrected chi connectivity index (χ1v) is 10.2.